The van der Waals surface area contributed by atoms with E-state index in [1.807, 2.05) is 30.3 Å². The molecule has 0 spiro atoms. The van der Waals surface area contributed by atoms with Gasteiger partial charge in [0.25, 0.3) is 0 Å². The van der Waals surface area contributed by atoms with Crippen LogP contribution in [0.25, 0.3) is 0 Å². The van der Waals surface area contributed by atoms with Gasteiger partial charge in [-0.2, -0.15) is 0 Å². The summed E-state index contributed by atoms with van der Waals surface area (Å²) in [6, 6.07) is 15.3. The summed E-state index contributed by atoms with van der Waals surface area (Å²) in [5, 5.41) is 5.14. The van der Waals surface area contributed by atoms with Crippen LogP contribution in [0.1, 0.15) is 12.0 Å². The molecule has 114 valence electrons. The van der Waals surface area contributed by atoms with Crippen molar-refractivity contribution in [3.8, 4) is 0 Å². The Morgan fingerprint density at radius 3 is 2.32 bits per heavy atom. The lowest BCUT2D eigenvalue weighted by Gasteiger charge is -2.07. The van der Waals surface area contributed by atoms with Crippen LogP contribution in [0.5, 0.6) is 0 Å². The first-order valence-electron chi connectivity index (χ1n) is 7.00. The SMILES string of the molecule is O=C(Cc1ccccc1)NCCC(=O)Nc1ccccc1F. The van der Waals surface area contributed by atoms with Gasteiger partial charge in [-0.05, 0) is 17.7 Å². The molecule has 22 heavy (non-hydrogen) atoms. The van der Waals surface area contributed by atoms with Gasteiger partial charge in [-0.3, -0.25) is 9.59 Å². The lowest BCUT2D eigenvalue weighted by Crippen LogP contribution is -2.29. The number of para-hydroxylation sites is 1. The highest BCUT2D eigenvalue weighted by atomic mass is 19.1. The van der Waals surface area contributed by atoms with Crippen LogP contribution in [0.4, 0.5) is 10.1 Å². The molecular weight excluding hydrogens is 283 g/mol. The Bertz CT molecular complexity index is 644. The van der Waals surface area contributed by atoms with Gasteiger partial charge in [-0.15, -0.1) is 0 Å². The van der Waals surface area contributed by atoms with Crippen molar-refractivity contribution in [2.75, 3.05) is 11.9 Å². The number of benzene rings is 2. The summed E-state index contributed by atoms with van der Waals surface area (Å²) in [5.41, 5.74) is 1.05. The van der Waals surface area contributed by atoms with Crippen molar-refractivity contribution < 1.29 is 14.0 Å². The maximum Gasteiger partial charge on any atom is 0.226 e. The number of nitrogens with one attached hydrogen (secondary N) is 2. The highest BCUT2D eigenvalue weighted by molar-refractivity contribution is 5.91. The molecule has 0 unspecified atom stereocenters. The topological polar surface area (TPSA) is 58.2 Å². The Morgan fingerprint density at radius 1 is 0.909 bits per heavy atom. The minimum Gasteiger partial charge on any atom is -0.355 e. The van der Waals surface area contributed by atoms with Crippen LogP contribution in [-0.2, 0) is 16.0 Å². The van der Waals surface area contributed by atoms with Gasteiger partial charge >= 0.3 is 0 Å². The van der Waals surface area contributed by atoms with Crippen LogP contribution in [0, 0.1) is 5.82 Å². The van der Waals surface area contributed by atoms with E-state index in [4.69, 9.17) is 0 Å². The molecule has 2 aromatic carbocycles. The number of carbonyl (C=O) groups excluding carboxylic acids is 2. The summed E-state index contributed by atoms with van der Waals surface area (Å²) >= 11 is 0. The monoisotopic (exact) mass is 300 g/mol. The van der Waals surface area contributed by atoms with Crippen LogP contribution in [0.3, 0.4) is 0 Å². The van der Waals surface area contributed by atoms with Gasteiger partial charge in [0.05, 0.1) is 12.1 Å². The minimum absolute atomic E-state index is 0.0921. The Kier molecular flexibility index (Phi) is 5.65. The molecule has 0 atom stereocenters. The third-order valence-corrected chi connectivity index (χ3v) is 3.03. The molecule has 0 aliphatic rings. The Morgan fingerprint density at radius 2 is 1.59 bits per heavy atom. The molecule has 2 amide bonds. The molecule has 4 nitrogen and oxygen atoms in total. The highest BCUT2D eigenvalue weighted by Gasteiger charge is 2.07. The van der Waals surface area contributed by atoms with E-state index in [0.29, 0.717) is 0 Å². The van der Waals surface area contributed by atoms with Crippen LogP contribution in [0.2, 0.25) is 0 Å². The van der Waals surface area contributed by atoms with E-state index < -0.39 is 5.82 Å². The number of hydrogen-bond acceptors (Lipinski definition) is 2. The van der Waals surface area contributed by atoms with Crippen molar-refractivity contribution in [1.82, 2.24) is 5.32 Å². The van der Waals surface area contributed by atoms with Gasteiger partial charge in [-0.25, -0.2) is 4.39 Å². The molecule has 0 aromatic heterocycles. The van der Waals surface area contributed by atoms with Crippen molar-refractivity contribution in [2.24, 2.45) is 0 Å². The van der Waals surface area contributed by atoms with Crippen molar-refractivity contribution in [3.63, 3.8) is 0 Å². The average molecular weight is 300 g/mol. The number of hydrogen-bond donors (Lipinski definition) is 2. The lowest BCUT2D eigenvalue weighted by molar-refractivity contribution is -0.120. The molecule has 0 saturated heterocycles. The molecule has 0 aliphatic heterocycles. The van der Waals surface area contributed by atoms with E-state index >= 15 is 0 Å². The predicted octanol–water partition coefficient (Wildman–Crippen LogP) is 2.51. The van der Waals surface area contributed by atoms with Crippen LogP contribution >= 0.6 is 0 Å². The molecule has 2 rings (SSSR count). The molecule has 2 aromatic rings. The molecule has 0 radical (unpaired) electrons. The summed E-state index contributed by atoms with van der Waals surface area (Å²) < 4.78 is 13.4. The van der Waals surface area contributed by atoms with E-state index in [9.17, 15) is 14.0 Å². The van der Waals surface area contributed by atoms with Gasteiger partial charge in [0.1, 0.15) is 5.82 Å². The minimum atomic E-state index is -0.482. The van der Waals surface area contributed by atoms with Crippen molar-refractivity contribution in [3.05, 3.63) is 66.0 Å². The van der Waals surface area contributed by atoms with Crippen molar-refractivity contribution >= 4 is 17.5 Å². The van der Waals surface area contributed by atoms with Crippen LogP contribution < -0.4 is 10.6 Å². The smallest absolute Gasteiger partial charge is 0.226 e. The van der Waals surface area contributed by atoms with Gasteiger partial charge in [-0.1, -0.05) is 42.5 Å². The second-order valence-electron chi connectivity index (χ2n) is 4.79. The summed E-state index contributed by atoms with van der Waals surface area (Å²) in [5.74, 6) is -0.973. The third kappa shape index (κ3) is 5.01. The first kappa shape index (κ1) is 15.7. The van der Waals surface area contributed by atoms with Gasteiger partial charge in [0.2, 0.25) is 11.8 Å². The second-order valence-corrected chi connectivity index (χ2v) is 4.79. The van der Waals surface area contributed by atoms with E-state index in [1.54, 1.807) is 12.1 Å². The van der Waals surface area contributed by atoms with E-state index in [1.165, 1.54) is 12.1 Å². The molecule has 0 heterocycles. The molecule has 0 fully saturated rings. The fourth-order valence-corrected chi connectivity index (χ4v) is 1.93. The summed E-state index contributed by atoms with van der Waals surface area (Å²) in [4.78, 5) is 23.4. The van der Waals surface area contributed by atoms with Gasteiger partial charge in [0.15, 0.2) is 0 Å². The summed E-state index contributed by atoms with van der Waals surface area (Å²) in [7, 11) is 0. The first-order chi connectivity index (χ1) is 10.6. The standard InChI is InChI=1S/C17H17FN2O2/c18-14-8-4-5-9-15(14)20-16(21)10-11-19-17(22)12-13-6-2-1-3-7-13/h1-9H,10-12H2,(H,19,22)(H,20,21). The lowest BCUT2D eigenvalue weighted by atomic mass is 10.1. The van der Waals surface area contributed by atoms with Crippen LogP contribution in [0.15, 0.2) is 54.6 Å². The van der Waals surface area contributed by atoms with E-state index in [0.717, 1.165) is 5.56 Å². The predicted molar refractivity (Wildman–Crippen MR) is 82.8 cm³/mol. The third-order valence-electron chi connectivity index (χ3n) is 3.03. The van der Waals surface area contributed by atoms with E-state index in [2.05, 4.69) is 10.6 Å². The number of amides is 2. The number of rotatable bonds is 6. The Hall–Kier alpha value is -2.69. The summed E-state index contributed by atoms with van der Waals surface area (Å²) in [6.07, 6.45) is 0.366. The molecule has 0 aliphatic carbocycles. The zero-order valence-electron chi connectivity index (χ0n) is 12.0. The Labute approximate surface area is 128 Å². The van der Waals surface area contributed by atoms with Gasteiger partial charge in [0, 0.05) is 13.0 Å². The molecule has 0 bridgehead atoms. The Balaban J connectivity index is 1.71. The maximum atomic E-state index is 13.4. The second kappa shape index (κ2) is 7.93. The number of anilines is 1. The molecule has 2 N–H and O–H groups in total. The number of halogens is 1. The summed E-state index contributed by atoms with van der Waals surface area (Å²) in [6.45, 7) is 0.214. The highest BCUT2D eigenvalue weighted by Crippen LogP contribution is 2.12. The normalized spacial score (nSPS) is 10.0. The first-order valence-corrected chi connectivity index (χ1v) is 7.00. The zero-order chi connectivity index (χ0) is 15.8. The van der Waals surface area contributed by atoms with Gasteiger partial charge < -0.3 is 10.6 Å². The van der Waals surface area contributed by atoms with E-state index in [-0.39, 0.29) is 36.9 Å². The van der Waals surface area contributed by atoms with Crippen molar-refractivity contribution in [2.45, 2.75) is 12.8 Å². The zero-order valence-corrected chi connectivity index (χ0v) is 12.0. The fourth-order valence-electron chi connectivity index (χ4n) is 1.93. The fraction of sp³-hybridized carbons (Fsp3) is 0.176. The quantitative estimate of drug-likeness (QED) is 0.861. The number of carbonyl (C=O) groups is 2. The average Bonchev–Trinajstić information content (AvgIpc) is 2.50. The molecule has 0 saturated carbocycles. The van der Waals surface area contributed by atoms with Crippen LogP contribution in [-0.4, -0.2) is 18.4 Å². The largest absolute Gasteiger partial charge is 0.355 e. The van der Waals surface area contributed by atoms with Crippen molar-refractivity contribution in [1.29, 1.82) is 0 Å². The maximum absolute atomic E-state index is 13.4. The molecular formula is C17H17FN2O2. The molecule has 5 heteroatoms.